The first-order chi connectivity index (χ1) is 32.1. The topological polar surface area (TPSA) is 34.2 Å². The average molecular weight is 849 g/mol. The number of fused-ring (bicyclic) bond motifs is 1. The highest BCUT2D eigenvalue weighted by atomic mass is 16.5. The average Bonchev–Trinajstić information content (AvgIpc) is 3.38. The fourth-order valence-corrected chi connectivity index (χ4v) is 7.66. The summed E-state index contributed by atoms with van der Waals surface area (Å²) >= 11 is 0. The zero-order valence-corrected chi connectivity index (χ0v) is 37.0. The van der Waals surface area contributed by atoms with E-state index in [1.54, 1.807) is 14.2 Å². The van der Waals surface area contributed by atoms with Gasteiger partial charge in [-0.3, -0.25) is 0 Å². The zero-order valence-electron chi connectivity index (χ0n) is 37.0. The second-order valence-electron chi connectivity index (χ2n) is 15.1. The minimum Gasteiger partial charge on any atom is -0.497 e. The molecule has 0 aliphatic carbocycles. The number of ether oxygens (including phenoxy) is 3. The van der Waals surface area contributed by atoms with E-state index in [1.807, 2.05) is 49.4 Å². The van der Waals surface area contributed by atoms with Crippen LogP contribution in [0.1, 0.15) is 29.2 Å². The monoisotopic (exact) mass is 848 g/mol. The second-order valence-corrected chi connectivity index (χ2v) is 15.1. The summed E-state index contributed by atoms with van der Waals surface area (Å²) in [6.45, 7) is 2.66. The van der Waals surface area contributed by atoms with Crippen molar-refractivity contribution in [3.63, 3.8) is 0 Å². The summed E-state index contributed by atoms with van der Waals surface area (Å²) in [6.07, 6.45) is 8.60. The highest BCUT2D eigenvalue weighted by Gasteiger charge is 2.16. The van der Waals surface area contributed by atoms with Crippen molar-refractivity contribution >= 4 is 69.2 Å². The van der Waals surface area contributed by atoms with Crippen LogP contribution < -0.4 is 24.0 Å². The number of para-hydroxylation sites is 2. The highest BCUT2D eigenvalue weighted by Crippen LogP contribution is 2.40. The standard InChI is InChI=1S/C30H29NO3.C30H23N/c1-4-34-30-17-9-24(10-18-30)6-5-23-7-11-25(12-8-23)31(26-13-19-28(32-2)20-14-26)27-15-21-29(33-3)22-16-27;1-4-12-24(13-5-1)20-21-25-22-23-30(29-19-11-10-18-28(25)29)31(26-14-6-2-7-15-26)27-16-8-3-9-17-27/h5-22H,4H2,1-3H3;1-23H/b6-5+;. The summed E-state index contributed by atoms with van der Waals surface area (Å²) < 4.78 is 16.2. The van der Waals surface area contributed by atoms with Crippen LogP contribution in [0.5, 0.6) is 17.2 Å². The van der Waals surface area contributed by atoms with Gasteiger partial charge in [-0.2, -0.15) is 0 Å². The van der Waals surface area contributed by atoms with Crippen molar-refractivity contribution in [3.8, 4) is 17.2 Å². The van der Waals surface area contributed by atoms with E-state index in [0.29, 0.717) is 6.61 Å². The quantitative estimate of drug-likeness (QED) is 0.102. The molecule has 0 aromatic heterocycles. The van der Waals surface area contributed by atoms with Gasteiger partial charge in [0.1, 0.15) is 17.2 Å². The zero-order chi connectivity index (χ0) is 44.6. The van der Waals surface area contributed by atoms with E-state index in [0.717, 1.165) is 56.8 Å². The van der Waals surface area contributed by atoms with Gasteiger partial charge in [0.05, 0.1) is 26.5 Å². The van der Waals surface area contributed by atoms with Crippen molar-refractivity contribution in [2.24, 2.45) is 0 Å². The minimum atomic E-state index is 0.672. The fraction of sp³-hybridized carbons (Fsp3) is 0.0667. The molecular weight excluding hydrogens is 797 g/mol. The van der Waals surface area contributed by atoms with Gasteiger partial charge in [-0.05, 0) is 138 Å². The number of hydrogen-bond acceptors (Lipinski definition) is 5. The Morgan fingerprint density at radius 1 is 0.338 bits per heavy atom. The van der Waals surface area contributed by atoms with E-state index in [9.17, 15) is 0 Å². The van der Waals surface area contributed by atoms with E-state index in [1.165, 1.54) is 27.6 Å². The molecular formula is C60H52N2O3. The molecule has 0 heterocycles. The summed E-state index contributed by atoms with van der Waals surface area (Å²) in [6, 6.07) is 77.4. The molecule has 0 spiro atoms. The summed E-state index contributed by atoms with van der Waals surface area (Å²) in [4.78, 5) is 4.53. The van der Waals surface area contributed by atoms with Crippen molar-refractivity contribution in [3.05, 3.63) is 247 Å². The molecule has 65 heavy (non-hydrogen) atoms. The largest absolute Gasteiger partial charge is 0.497 e. The molecule has 0 radical (unpaired) electrons. The van der Waals surface area contributed by atoms with Crippen LogP contribution in [0.15, 0.2) is 224 Å². The molecule has 0 saturated heterocycles. The molecule has 0 amide bonds. The van der Waals surface area contributed by atoms with Crippen LogP contribution in [-0.2, 0) is 0 Å². The maximum absolute atomic E-state index is 5.52. The molecule has 0 saturated carbocycles. The third-order valence-electron chi connectivity index (χ3n) is 10.9. The van der Waals surface area contributed by atoms with E-state index in [2.05, 4.69) is 216 Å². The first-order valence-corrected chi connectivity index (χ1v) is 21.8. The van der Waals surface area contributed by atoms with Gasteiger partial charge in [-0.1, -0.05) is 146 Å². The summed E-state index contributed by atoms with van der Waals surface area (Å²) in [7, 11) is 3.35. The summed E-state index contributed by atoms with van der Waals surface area (Å²) in [5.41, 5.74) is 11.3. The van der Waals surface area contributed by atoms with E-state index < -0.39 is 0 Å². The third-order valence-corrected chi connectivity index (χ3v) is 10.9. The van der Waals surface area contributed by atoms with Crippen molar-refractivity contribution < 1.29 is 14.2 Å². The van der Waals surface area contributed by atoms with Gasteiger partial charge in [0.15, 0.2) is 0 Å². The van der Waals surface area contributed by atoms with Gasteiger partial charge >= 0.3 is 0 Å². The molecule has 0 aliphatic heterocycles. The van der Waals surface area contributed by atoms with Crippen LogP contribution in [0.25, 0.3) is 35.1 Å². The normalized spacial score (nSPS) is 10.9. The Bertz CT molecular complexity index is 2830. The molecule has 5 nitrogen and oxygen atoms in total. The number of nitrogens with zero attached hydrogens (tertiary/aromatic N) is 2. The Morgan fingerprint density at radius 2 is 0.723 bits per heavy atom. The van der Waals surface area contributed by atoms with Crippen LogP contribution in [0.2, 0.25) is 0 Å². The van der Waals surface area contributed by atoms with Crippen LogP contribution >= 0.6 is 0 Å². The first kappa shape index (κ1) is 43.4. The molecule has 0 aliphatic rings. The van der Waals surface area contributed by atoms with Crippen molar-refractivity contribution in [2.75, 3.05) is 30.6 Å². The minimum absolute atomic E-state index is 0.672. The summed E-state index contributed by atoms with van der Waals surface area (Å²) in [5, 5.41) is 2.47. The maximum atomic E-state index is 5.52. The van der Waals surface area contributed by atoms with Gasteiger partial charge in [0.25, 0.3) is 0 Å². The SMILES string of the molecule is C(=Cc1ccc(N(c2ccccc2)c2ccccc2)c2ccccc12)c1ccccc1.CCOc1ccc(/C=C/c2ccc(N(c3ccc(OC)cc3)c3ccc(OC)cc3)cc2)cc1. The Balaban J connectivity index is 0.000000178. The lowest BCUT2D eigenvalue weighted by Crippen LogP contribution is -2.10. The van der Waals surface area contributed by atoms with Crippen LogP contribution in [0, 0.1) is 0 Å². The van der Waals surface area contributed by atoms with Crippen LogP contribution in [0.3, 0.4) is 0 Å². The Morgan fingerprint density at radius 3 is 1.22 bits per heavy atom. The Hall–Kier alpha value is -8.28. The van der Waals surface area contributed by atoms with Crippen molar-refractivity contribution in [1.29, 1.82) is 0 Å². The van der Waals surface area contributed by atoms with E-state index in [4.69, 9.17) is 14.2 Å². The Labute approximate surface area is 383 Å². The molecule has 0 fully saturated rings. The number of hydrogen-bond donors (Lipinski definition) is 0. The predicted molar refractivity (Wildman–Crippen MR) is 275 cm³/mol. The molecule has 0 bridgehead atoms. The highest BCUT2D eigenvalue weighted by molar-refractivity contribution is 6.03. The second kappa shape index (κ2) is 21.7. The molecule has 0 unspecified atom stereocenters. The molecule has 0 atom stereocenters. The van der Waals surface area contributed by atoms with Crippen LogP contribution in [-0.4, -0.2) is 20.8 Å². The fourth-order valence-electron chi connectivity index (χ4n) is 7.66. The summed E-state index contributed by atoms with van der Waals surface area (Å²) in [5.74, 6) is 2.54. The molecule has 0 N–H and O–H groups in total. The van der Waals surface area contributed by atoms with Crippen LogP contribution in [0.4, 0.5) is 34.1 Å². The number of anilines is 6. The third kappa shape index (κ3) is 11.0. The molecule has 320 valence electrons. The number of rotatable bonds is 14. The lowest BCUT2D eigenvalue weighted by Gasteiger charge is -2.27. The van der Waals surface area contributed by atoms with Gasteiger partial charge < -0.3 is 24.0 Å². The predicted octanol–water partition coefficient (Wildman–Crippen LogP) is 16.2. The van der Waals surface area contributed by atoms with Gasteiger partial charge in [0, 0.05) is 33.8 Å². The first-order valence-electron chi connectivity index (χ1n) is 21.8. The van der Waals surface area contributed by atoms with Gasteiger partial charge in [0.2, 0.25) is 0 Å². The number of benzene rings is 9. The maximum Gasteiger partial charge on any atom is 0.119 e. The van der Waals surface area contributed by atoms with E-state index >= 15 is 0 Å². The van der Waals surface area contributed by atoms with Crippen molar-refractivity contribution in [1.82, 2.24) is 0 Å². The number of methoxy groups -OCH3 is 2. The lowest BCUT2D eigenvalue weighted by atomic mass is 10.0. The lowest BCUT2D eigenvalue weighted by molar-refractivity contribution is 0.340. The smallest absolute Gasteiger partial charge is 0.119 e. The van der Waals surface area contributed by atoms with Gasteiger partial charge in [-0.15, -0.1) is 0 Å². The molecule has 9 rings (SSSR count). The molecule has 5 heteroatoms. The molecule has 9 aromatic rings. The molecule has 9 aromatic carbocycles. The van der Waals surface area contributed by atoms with E-state index in [-0.39, 0.29) is 0 Å². The van der Waals surface area contributed by atoms with Crippen molar-refractivity contribution in [2.45, 2.75) is 6.92 Å². The van der Waals surface area contributed by atoms with Gasteiger partial charge in [-0.25, -0.2) is 0 Å². The Kier molecular flexibility index (Phi) is 14.5.